The Morgan fingerprint density at radius 2 is 2.12 bits per heavy atom. The first-order valence-electron chi connectivity index (χ1n) is 6.81. The van der Waals surface area contributed by atoms with E-state index in [1.807, 2.05) is 0 Å². The lowest BCUT2D eigenvalue weighted by atomic mass is 9.89. The Bertz CT molecular complexity index is 253. The number of rotatable bonds is 4. The van der Waals surface area contributed by atoms with Gasteiger partial charge in [-0.1, -0.05) is 25.9 Å². The molecule has 1 aliphatic rings. The fourth-order valence-electron chi connectivity index (χ4n) is 2.84. The molecule has 3 N–H and O–H groups in total. The molecule has 1 heterocycles. The van der Waals surface area contributed by atoms with Gasteiger partial charge in [0.05, 0.1) is 6.04 Å². The highest BCUT2D eigenvalue weighted by atomic mass is 16.4. The summed E-state index contributed by atoms with van der Waals surface area (Å²) in [5.41, 5.74) is 5.76. The molecular formula is C13H27N3O. The average Bonchev–Trinajstić information content (AvgIpc) is 2.55. The Balaban J connectivity index is 2.61. The summed E-state index contributed by atoms with van der Waals surface area (Å²) < 4.78 is 0. The topological polar surface area (TPSA) is 61.9 Å². The fraction of sp³-hybridized carbons (Fsp3) is 0.923. The minimum Gasteiger partial charge on any atom is -0.409 e. The van der Waals surface area contributed by atoms with E-state index in [4.69, 9.17) is 10.9 Å². The minimum absolute atomic E-state index is 0.103. The summed E-state index contributed by atoms with van der Waals surface area (Å²) in [6, 6.07) is 0.103. The second kappa shape index (κ2) is 6.84. The van der Waals surface area contributed by atoms with Crippen LogP contribution in [-0.4, -0.2) is 35.1 Å². The fourth-order valence-corrected chi connectivity index (χ4v) is 2.84. The molecule has 0 saturated carbocycles. The summed E-state index contributed by atoms with van der Waals surface area (Å²) in [5, 5.41) is 12.0. The summed E-state index contributed by atoms with van der Waals surface area (Å²) in [5.74, 6) is 1.94. The molecule has 4 nitrogen and oxygen atoms in total. The van der Waals surface area contributed by atoms with Crippen molar-refractivity contribution >= 4 is 5.84 Å². The van der Waals surface area contributed by atoms with Gasteiger partial charge in [-0.15, -0.1) is 0 Å². The molecule has 0 aliphatic carbocycles. The predicted octanol–water partition coefficient (Wildman–Crippen LogP) is 2.27. The zero-order chi connectivity index (χ0) is 12.8. The summed E-state index contributed by atoms with van der Waals surface area (Å²) in [4.78, 5) is 2.37. The zero-order valence-corrected chi connectivity index (χ0v) is 11.4. The molecule has 4 heteroatoms. The minimum atomic E-state index is 0.103. The summed E-state index contributed by atoms with van der Waals surface area (Å²) in [7, 11) is 0. The highest BCUT2D eigenvalue weighted by Crippen LogP contribution is 2.25. The van der Waals surface area contributed by atoms with Gasteiger partial charge in [0.25, 0.3) is 0 Å². The number of nitrogens with two attached hydrogens (primary N) is 1. The number of oxime groups is 1. The van der Waals surface area contributed by atoms with Crippen molar-refractivity contribution in [2.45, 2.75) is 52.5 Å². The maximum Gasteiger partial charge on any atom is 0.156 e. The van der Waals surface area contributed by atoms with Crippen molar-refractivity contribution in [3.63, 3.8) is 0 Å². The average molecular weight is 241 g/mol. The number of hydrogen-bond donors (Lipinski definition) is 2. The lowest BCUT2D eigenvalue weighted by Crippen LogP contribution is -2.45. The van der Waals surface area contributed by atoms with Gasteiger partial charge in [0.1, 0.15) is 0 Å². The van der Waals surface area contributed by atoms with Crippen molar-refractivity contribution in [1.29, 1.82) is 0 Å². The molecule has 2 unspecified atom stereocenters. The zero-order valence-electron chi connectivity index (χ0n) is 11.4. The second-order valence-corrected chi connectivity index (χ2v) is 5.42. The van der Waals surface area contributed by atoms with Gasteiger partial charge >= 0.3 is 0 Å². The van der Waals surface area contributed by atoms with E-state index in [1.54, 1.807) is 0 Å². The predicted molar refractivity (Wildman–Crippen MR) is 71.2 cm³/mol. The van der Waals surface area contributed by atoms with Crippen molar-refractivity contribution in [3.8, 4) is 0 Å². The number of hydrogen-bond acceptors (Lipinski definition) is 3. The molecule has 100 valence electrons. The van der Waals surface area contributed by atoms with Crippen LogP contribution in [0.4, 0.5) is 0 Å². The smallest absolute Gasteiger partial charge is 0.156 e. The summed E-state index contributed by atoms with van der Waals surface area (Å²) in [6.45, 7) is 8.84. The van der Waals surface area contributed by atoms with Crippen molar-refractivity contribution in [1.82, 2.24) is 4.90 Å². The Hall–Kier alpha value is -0.770. The van der Waals surface area contributed by atoms with Gasteiger partial charge in [0, 0.05) is 0 Å². The van der Waals surface area contributed by atoms with E-state index in [1.165, 1.54) is 19.3 Å². The molecule has 0 aromatic heterocycles. The van der Waals surface area contributed by atoms with Crippen LogP contribution >= 0.6 is 0 Å². The standard InChI is InChI=1S/C13H27N3O/c1-4-12(13(14)15-17)16-8-5-6-11(7-9-16)10(2)3/h10-12,17H,4-9H2,1-3H3,(H2,14,15). The third kappa shape index (κ3) is 3.87. The highest BCUT2D eigenvalue weighted by Gasteiger charge is 2.25. The van der Waals surface area contributed by atoms with Gasteiger partial charge in [-0.3, -0.25) is 4.90 Å². The molecule has 1 aliphatic heterocycles. The van der Waals surface area contributed by atoms with Crippen LogP contribution in [0.3, 0.4) is 0 Å². The SMILES string of the molecule is CCC(C(N)=NO)N1CCCC(C(C)C)CC1. The second-order valence-electron chi connectivity index (χ2n) is 5.42. The third-order valence-electron chi connectivity index (χ3n) is 4.03. The van der Waals surface area contributed by atoms with E-state index in [-0.39, 0.29) is 6.04 Å². The largest absolute Gasteiger partial charge is 0.409 e. The Labute approximate surface area is 105 Å². The van der Waals surface area contributed by atoms with Crippen LogP contribution in [0.15, 0.2) is 5.16 Å². The maximum atomic E-state index is 8.81. The summed E-state index contributed by atoms with van der Waals surface area (Å²) in [6.07, 6.45) is 4.66. The van der Waals surface area contributed by atoms with Crippen LogP contribution in [0.1, 0.15) is 46.5 Å². The van der Waals surface area contributed by atoms with Gasteiger partial charge in [0.15, 0.2) is 5.84 Å². The van der Waals surface area contributed by atoms with E-state index < -0.39 is 0 Å². The molecule has 0 spiro atoms. The molecule has 1 saturated heterocycles. The first-order chi connectivity index (χ1) is 8.10. The van der Waals surface area contributed by atoms with Crippen molar-refractivity contribution in [2.75, 3.05) is 13.1 Å². The summed E-state index contributed by atoms with van der Waals surface area (Å²) >= 11 is 0. The lowest BCUT2D eigenvalue weighted by Gasteiger charge is -2.28. The monoisotopic (exact) mass is 241 g/mol. The van der Waals surface area contributed by atoms with Gasteiger partial charge in [-0.2, -0.15) is 0 Å². The van der Waals surface area contributed by atoms with Crippen LogP contribution in [0.25, 0.3) is 0 Å². The van der Waals surface area contributed by atoms with Gasteiger partial charge in [-0.05, 0) is 50.6 Å². The van der Waals surface area contributed by atoms with Crippen LogP contribution < -0.4 is 5.73 Å². The van der Waals surface area contributed by atoms with Crippen molar-refractivity contribution in [2.24, 2.45) is 22.7 Å². The van der Waals surface area contributed by atoms with E-state index in [0.29, 0.717) is 5.84 Å². The van der Waals surface area contributed by atoms with E-state index in [0.717, 1.165) is 31.3 Å². The normalized spacial score (nSPS) is 25.9. The van der Waals surface area contributed by atoms with Crippen molar-refractivity contribution < 1.29 is 5.21 Å². The molecule has 17 heavy (non-hydrogen) atoms. The molecular weight excluding hydrogens is 214 g/mol. The van der Waals surface area contributed by atoms with E-state index in [9.17, 15) is 0 Å². The molecule has 1 rings (SSSR count). The first-order valence-corrected chi connectivity index (χ1v) is 6.81. The number of amidine groups is 1. The van der Waals surface area contributed by atoms with Crippen LogP contribution in [0.5, 0.6) is 0 Å². The maximum absolute atomic E-state index is 8.81. The molecule has 2 atom stereocenters. The first kappa shape index (κ1) is 14.3. The number of likely N-dealkylation sites (tertiary alicyclic amines) is 1. The van der Waals surface area contributed by atoms with E-state index >= 15 is 0 Å². The van der Waals surface area contributed by atoms with Gasteiger partial charge in [-0.25, -0.2) is 0 Å². The molecule has 0 aromatic rings. The molecule has 1 fully saturated rings. The molecule has 0 bridgehead atoms. The Morgan fingerprint density at radius 1 is 1.41 bits per heavy atom. The van der Waals surface area contributed by atoms with Crippen LogP contribution in [0, 0.1) is 11.8 Å². The third-order valence-corrected chi connectivity index (χ3v) is 4.03. The Morgan fingerprint density at radius 3 is 2.65 bits per heavy atom. The van der Waals surface area contributed by atoms with Crippen LogP contribution in [0.2, 0.25) is 0 Å². The molecule has 0 radical (unpaired) electrons. The van der Waals surface area contributed by atoms with Crippen LogP contribution in [-0.2, 0) is 0 Å². The lowest BCUT2D eigenvalue weighted by molar-refractivity contribution is 0.229. The molecule has 0 amide bonds. The Kier molecular flexibility index (Phi) is 5.75. The van der Waals surface area contributed by atoms with E-state index in [2.05, 4.69) is 30.8 Å². The van der Waals surface area contributed by atoms with Gasteiger partial charge in [0.2, 0.25) is 0 Å². The highest BCUT2D eigenvalue weighted by molar-refractivity contribution is 5.85. The van der Waals surface area contributed by atoms with Gasteiger partial charge < -0.3 is 10.9 Å². The molecule has 0 aromatic carbocycles. The van der Waals surface area contributed by atoms with Crippen molar-refractivity contribution in [3.05, 3.63) is 0 Å². The quantitative estimate of drug-likeness (QED) is 0.343. The number of nitrogens with zero attached hydrogens (tertiary/aromatic N) is 2.